The van der Waals surface area contributed by atoms with E-state index in [9.17, 15) is 4.79 Å². The molecule has 2 heterocycles. The van der Waals surface area contributed by atoms with E-state index in [-0.39, 0.29) is 12.1 Å². The molecule has 1 amide bonds. The quantitative estimate of drug-likeness (QED) is 0.650. The van der Waals surface area contributed by atoms with Crippen molar-refractivity contribution in [3.8, 4) is 0 Å². The maximum absolute atomic E-state index is 13.3. The van der Waals surface area contributed by atoms with E-state index in [1.54, 1.807) is 0 Å². The lowest BCUT2D eigenvalue weighted by atomic mass is 9.93. The lowest BCUT2D eigenvalue weighted by molar-refractivity contribution is 0.0555. The van der Waals surface area contributed by atoms with Gasteiger partial charge in [-0.1, -0.05) is 32.3 Å². The summed E-state index contributed by atoms with van der Waals surface area (Å²) in [6.45, 7) is 10.3. The van der Waals surface area contributed by atoms with Crippen molar-refractivity contribution in [2.24, 2.45) is 0 Å². The van der Waals surface area contributed by atoms with Crippen molar-refractivity contribution in [1.82, 2.24) is 9.88 Å². The van der Waals surface area contributed by atoms with Gasteiger partial charge in [0.2, 0.25) is 0 Å². The average molecular weight is 388 g/mol. The van der Waals surface area contributed by atoms with Crippen molar-refractivity contribution in [2.45, 2.75) is 96.7 Å². The number of hydrogen-bond acceptors (Lipinski definition) is 4. The standard InChI is InChI=1S/C23H37N3O2/c1-5-16-25-17-10-14-20(25)19-13-9-15-24-21(19)26(18-11-7-6-8-12-18)22(27)28-23(2,3)4/h9,13,15,18,20H,5-8,10-12,14,16-17H2,1-4H3. The van der Waals surface area contributed by atoms with E-state index in [4.69, 9.17) is 9.72 Å². The number of hydrogen-bond donors (Lipinski definition) is 0. The van der Waals surface area contributed by atoms with Gasteiger partial charge >= 0.3 is 6.09 Å². The highest BCUT2D eigenvalue weighted by molar-refractivity contribution is 5.88. The number of nitrogens with zero attached hydrogens (tertiary/aromatic N) is 3. The summed E-state index contributed by atoms with van der Waals surface area (Å²) in [6.07, 6.45) is 10.7. The van der Waals surface area contributed by atoms with E-state index in [0.29, 0.717) is 6.04 Å². The van der Waals surface area contributed by atoms with Gasteiger partial charge in [-0.3, -0.25) is 9.80 Å². The van der Waals surface area contributed by atoms with E-state index < -0.39 is 5.60 Å². The Hall–Kier alpha value is -1.62. The first kappa shape index (κ1) is 21.1. The fourth-order valence-electron chi connectivity index (χ4n) is 4.66. The van der Waals surface area contributed by atoms with Crippen LogP contribution in [0.1, 0.15) is 90.7 Å². The molecule has 5 nitrogen and oxygen atoms in total. The lowest BCUT2D eigenvalue weighted by Gasteiger charge is -2.37. The van der Waals surface area contributed by atoms with Crippen LogP contribution in [0.25, 0.3) is 0 Å². The molecule has 0 bridgehead atoms. The van der Waals surface area contributed by atoms with Crippen molar-refractivity contribution in [1.29, 1.82) is 0 Å². The van der Waals surface area contributed by atoms with Gasteiger partial charge in [-0.25, -0.2) is 9.78 Å². The third kappa shape index (κ3) is 5.05. The van der Waals surface area contributed by atoms with Crippen LogP contribution in [0.5, 0.6) is 0 Å². The Morgan fingerprint density at radius 3 is 2.64 bits per heavy atom. The van der Waals surface area contributed by atoms with Crippen LogP contribution in [0, 0.1) is 0 Å². The molecule has 0 N–H and O–H groups in total. The molecular formula is C23H37N3O2. The highest BCUT2D eigenvalue weighted by atomic mass is 16.6. The second-order valence-electron chi connectivity index (χ2n) is 9.25. The van der Waals surface area contributed by atoms with Crippen LogP contribution >= 0.6 is 0 Å². The number of ether oxygens (including phenoxy) is 1. The average Bonchev–Trinajstić information content (AvgIpc) is 3.10. The molecule has 1 saturated heterocycles. The maximum Gasteiger partial charge on any atom is 0.416 e. The number of likely N-dealkylation sites (tertiary alicyclic amines) is 1. The Kier molecular flexibility index (Phi) is 6.97. The summed E-state index contributed by atoms with van der Waals surface area (Å²) >= 11 is 0. The zero-order valence-corrected chi connectivity index (χ0v) is 18.1. The van der Waals surface area contributed by atoms with Crippen LogP contribution in [0.2, 0.25) is 0 Å². The predicted octanol–water partition coefficient (Wildman–Crippen LogP) is 5.70. The number of carbonyl (C=O) groups excluding carboxylic acids is 1. The molecule has 5 heteroatoms. The van der Waals surface area contributed by atoms with Crippen molar-refractivity contribution < 1.29 is 9.53 Å². The zero-order valence-electron chi connectivity index (χ0n) is 18.1. The minimum absolute atomic E-state index is 0.179. The molecule has 2 fully saturated rings. The number of carbonyl (C=O) groups is 1. The Morgan fingerprint density at radius 1 is 1.21 bits per heavy atom. The Balaban J connectivity index is 1.96. The van der Waals surface area contributed by atoms with Crippen LogP contribution in [-0.4, -0.2) is 40.7 Å². The zero-order chi connectivity index (χ0) is 20.1. The lowest BCUT2D eigenvalue weighted by Crippen LogP contribution is -2.45. The van der Waals surface area contributed by atoms with Gasteiger partial charge in [-0.05, 0) is 72.0 Å². The maximum atomic E-state index is 13.3. The van der Waals surface area contributed by atoms with Gasteiger partial charge in [-0.2, -0.15) is 0 Å². The normalized spacial score (nSPS) is 21.6. The van der Waals surface area contributed by atoms with Gasteiger partial charge in [0.25, 0.3) is 0 Å². The second-order valence-corrected chi connectivity index (χ2v) is 9.25. The molecule has 28 heavy (non-hydrogen) atoms. The SMILES string of the molecule is CCCN1CCCC1c1cccnc1N(C(=O)OC(C)(C)C)C1CCCCC1. The van der Waals surface area contributed by atoms with E-state index in [0.717, 1.165) is 57.4 Å². The summed E-state index contributed by atoms with van der Waals surface area (Å²) in [7, 11) is 0. The monoisotopic (exact) mass is 387 g/mol. The Bertz CT molecular complexity index is 649. The molecule has 2 aliphatic rings. The highest BCUT2D eigenvalue weighted by Crippen LogP contribution is 2.38. The van der Waals surface area contributed by atoms with Crippen LogP contribution in [0.4, 0.5) is 10.6 Å². The largest absolute Gasteiger partial charge is 0.443 e. The summed E-state index contributed by atoms with van der Waals surface area (Å²) in [6, 6.07) is 4.70. The molecule has 3 rings (SSSR count). The van der Waals surface area contributed by atoms with Crippen molar-refractivity contribution >= 4 is 11.9 Å². The summed E-state index contributed by atoms with van der Waals surface area (Å²) < 4.78 is 5.83. The van der Waals surface area contributed by atoms with Crippen molar-refractivity contribution in [3.05, 3.63) is 23.9 Å². The molecule has 156 valence electrons. The highest BCUT2D eigenvalue weighted by Gasteiger charge is 2.36. The first-order valence-corrected chi connectivity index (χ1v) is 11.1. The van der Waals surface area contributed by atoms with Gasteiger partial charge in [0.1, 0.15) is 11.4 Å². The molecule has 0 spiro atoms. The summed E-state index contributed by atoms with van der Waals surface area (Å²) in [4.78, 5) is 22.5. The Labute approximate surface area is 170 Å². The molecule has 1 aromatic heterocycles. The molecular weight excluding hydrogens is 350 g/mol. The van der Waals surface area contributed by atoms with Gasteiger partial charge in [-0.15, -0.1) is 0 Å². The first-order valence-electron chi connectivity index (χ1n) is 11.1. The first-order chi connectivity index (χ1) is 13.4. The second kappa shape index (κ2) is 9.25. The van der Waals surface area contributed by atoms with Gasteiger partial charge < -0.3 is 4.74 Å². The number of rotatable bonds is 5. The number of amides is 1. The minimum atomic E-state index is -0.513. The van der Waals surface area contributed by atoms with Crippen LogP contribution in [0.3, 0.4) is 0 Å². The van der Waals surface area contributed by atoms with Crippen molar-refractivity contribution in [2.75, 3.05) is 18.0 Å². The van der Waals surface area contributed by atoms with E-state index >= 15 is 0 Å². The van der Waals surface area contributed by atoms with E-state index in [2.05, 4.69) is 17.9 Å². The van der Waals surface area contributed by atoms with E-state index in [1.165, 1.54) is 18.4 Å². The molecule has 1 unspecified atom stereocenters. The van der Waals surface area contributed by atoms with Crippen molar-refractivity contribution in [3.63, 3.8) is 0 Å². The molecule has 1 aliphatic heterocycles. The number of anilines is 1. The van der Waals surface area contributed by atoms with Crippen LogP contribution in [-0.2, 0) is 4.74 Å². The minimum Gasteiger partial charge on any atom is -0.443 e. The third-order valence-corrected chi connectivity index (χ3v) is 5.81. The van der Waals surface area contributed by atoms with E-state index in [1.807, 2.05) is 37.9 Å². The molecule has 1 aliphatic carbocycles. The number of aromatic nitrogens is 1. The van der Waals surface area contributed by atoms with Crippen LogP contribution in [0.15, 0.2) is 18.3 Å². The smallest absolute Gasteiger partial charge is 0.416 e. The van der Waals surface area contributed by atoms with Crippen LogP contribution < -0.4 is 4.90 Å². The van der Waals surface area contributed by atoms with Gasteiger partial charge in [0.05, 0.1) is 0 Å². The predicted molar refractivity (Wildman–Crippen MR) is 114 cm³/mol. The molecule has 1 atom stereocenters. The van der Waals surface area contributed by atoms with Gasteiger partial charge in [0, 0.05) is 23.8 Å². The molecule has 0 radical (unpaired) electrons. The fraction of sp³-hybridized carbons (Fsp3) is 0.739. The molecule has 1 aromatic rings. The third-order valence-electron chi connectivity index (χ3n) is 5.81. The molecule has 1 saturated carbocycles. The Morgan fingerprint density at radius 2 is 1.96 bits per heavy atom. The number of pyridine rings is 1. The summed E-state index contributed by atoms with van der Waals surface area (Å²) in [5.74, 6) is 0.816. The fourth-order valence-corrected chi connectivity index (χ4v) is 4.66. The summed E-state index contributed by atoms with van der Waals surface area (Å²) in [5, 5.41) is 0. The topological polar surface area (TPSA) is 45.7 Å². The molecule has 0 aromatic carbocycles. The van der Waals surface area contributed by atoms with Gasteiger partial charge in [0.15, 0.2) is 0 Å². The summed E-state index contributed by atoms with van der Waals surface area (Å²) in [5.41, 5.74) is 0.672.